The first-order valence-electron chi connectivity index (χ1n) is 7.38. The van der Waals surface area contributed by atoms with Crippen LogP contribution in [0.3, 0.4) is 0 Å². The van der Waals surface area contributed by atoms with Crippen LogP contribution in [-0.2, 0) is 11.3 Å². The molecular weight excluding hydrogens is 413 g/mol. The van der Waals surface area contributed by atoms with Gasteiger partial charge in [-0.05, 0) is 30.0 Å². The Kier molecular flexibility index (Phi) is 12.6. The lowest BCUT2D eigenvalue weighted by Gasteiger charge is -2.12. The fourth-order valence-electron chi connectivity index (χ4n) is 1.67. The van der Waals surface area contributed by atoms with Crippen molar-refractivity contribution in [2.24, 2.45) is 10.9 Å². The van der Waals surface area contributed by atoms with Crippen molar-refractivity contribution in [1.29, 1.82) is 0 Å². The van der Waals surface area contributed by atoms with Gasteiger partial charge in [-0.25, -0.2) is 0 Å². The fraction of sp³-hybridized carbons (Fsp3) is 0.562. The van der Waals surface area contributed by atoms with Crippen LogP contribution in [0.25, 0.3) is 0 Å². The predicted octanol–water partition coefficient (Wildman–Crippen LogP) is 3.69. The lowest BCUT2D eigenvalue weighted by atomic mass is 10.1. The molecule has 0 heterocycles. The maximum absolute atomic E-state index is 5.86. The molecule has 4 nitrogen and oxygen atoms in total. The van der Waals surface area contributed by atoms with E-state index in [4.69, 9.17) is 16.3 Å². The molecule has 1 aromatic rings. The average Bonchev–Trinajstić information content (AvgIpc) is 2.47. The Balaban J connectivity index is 0.00000441. The Labute approximate surface area is 156 Å². The number of nitrogens with one attached hydrogen (secondary N) is 2. The van der Waals surface area contributed by atoms with Crippen LogP contribution in [0, 0.1) is 5.92 Å². The van der Waals surface area contributed by atoms with E-state index in [-0.39, 0.29) is 24.0 Å². The van der Waals surface area contributed by atoms with Crippen LogP contribution in [-0.4, -0.2) is 32.8 Å². The molecule has 0 spiro atoms. The molecule has 0 saturated heterocycles. The molecule has 0 radical (unpaired) electrons. The number of hydrogen-bond acceptors (Lipinski definition) is 2. The summed E-state index contributed by atoms with van der Waals surface area (Å²) in [6, 6.07) is 7.77. The minimum absolute atomic E-state index is 0. The highest BCUT2D eigenvalue weighted by atomic mass is 127. The van der Waals surface area contributed by atoms with Crippen LogP contribution in [0.5, 0.6) is 0 Å². The van der Waals surface area contributed by atoms with Gasteiger partial charge in [-0.1, -0.05) is 37.6 Å². The van der Waals surface area contributed by atoms with Crippen LogP contribution in [0.2, 0.25) is 5.02 Å². The van der Waals surface area contributed by atoms with Crippen LogP contribution >= 0.6 is 35.6 Å². The maximum Gasteiger partial charge on any atom is 0.191 e. The lowest BCUT2D eigenvalue weighted by Crippen LogP contribution is -2.38. The van der Waals surface area contributed by atoms with Crippen LogP contribution in [0.4, 0.5) is 0 Å². The molecule has 0 bridgehead atoms. The highest BCUT2D eigenvalue weighted by Crippen LogP contribution is 2.08. The monoisotopic (exact) mass is 439 g/mol. The van der Waals surface area contributed by atoms with Gasteiger partial charge in [-0.15, -0.1) is 24.0 Å². The number of rotatable bonds is 8. The molecule has 22 heavy (non-hydrogen) atoms. The van der Waals surface area contributed by atoms with Crippen molar-refractivity contribution in [2.45, 2.75) is 26.8 Å². The summed E-state index contributed by atoms with van der Waals surface area (Å²) in [4.78, 5) is 4.18. The first-order valence-corrected chi connectivity index (χ1v) is 7.76. The molecular formula is C16H27ClIN3O. The molecule has 2 N–H and O–H groups in total. The molecule has 0 aromatic heterocycles. The Bertz CT molecular complexity index is 424. The summed E-state index contributed by atoms with van der Waals surface area (Å²) in [6.45, 7) is 7.36. The van der Waals surface area contributed by atoms with Gasteiger partial charge in [0.25, 0.3) is 0 Å². The van der Waals surface area contributed by atoms with Crippen molar-refractivity contribution in [1.82, 2.24) is 10.6 Å². The molecule has 126 valence electrons. The highest BCUT2D eigenvalue weighted by molar-refractivity contribution is 14.0. The van der Waals surface area contributed by atoms with Gasteiger partial charge in [-0.3, -0.25) is 4.99 Å². The molecule has 0 aliphatic rings. The number of ether oxygens (including phenoxy) is 1. The van der Waals surface area contributed by atoms with E-state index < -0.39 is 0 Å². The van der Waals surface area contributed by atoms with Gasteiger partial charge in [-0.2, -0.15) is 0 Å². The fourth-order valence-corrected chi connectivity index (χ4v) is 1.80. The first-order chi connectivity index (χ1) is 10.1. The van der Waals surface area contributed by atoms with E-state index in [1.807, 2.05) is 24.3 Å². The van der Waals surface area contributed by atoms with E-state index in [0.29, 0.717) is 19.1 Å². The molecule has 0 fully saturated rings. The summed E-state index contributed by atoms with van der Waals surface area (Å²) >= 11 is 5.86. The van der Waals surface area contributed by atoms with Crippen molar-refractivity contribution >= 4 is 41.5 Å². The second-order valence-corrected chi connectivity index (χ2v) is 5.71. The number of aliphatic imine (C=N–C) groups is 1. The maximum atomic E-state index is 5.86. The normalized spacial score (nSPS) is 11.2. The van der Waals surface area contributed by atoms with E-state index >= 15 is 0 Å². The zero-order valence-corrected chi connectivity index (χ0v) is 16.7. The number of hydrogen-bond donors (Lipinski definition) is 2. The standard InChI is InChI=1S/C16H26ClN3O.HI/c1-13(2)8-10-21-11-9-19-16(18-3)20-12-14-4-6-15(17)7-5-14;/h4-7,13H,8-12H2,1-3H3,(H2,18,19,20);1H. The third-order valence-electron chi connectivity index (χ3n) is 2.98. The van der Waals surface area contributed by atoms with E-state index in [0.717, 1.165) is 36.1 Å². The van der Waals surface area contributed by atoms with Gasteiger partial charge in [0.05, 0.1) is 6.61 Å². The van der Waals surface area contributed by atoms with E-state index in [9.17, 15) is 0 Å². The van der Waals surface area contributed by atoms with Crippen LogP contribution in [0.1, 0.15) is 25.8 Å². The molecule has 0 unspecified atom stereocenters. The second kappa shape index (κ2) is 13.0. The van der Waals surface area contributed by atoms with Crippen molar-refractivity contribution in [3.63, 3.8) is 0 Å². The van der Waals surface area contributed by atoms with Gasteiger partial charge < -0.3 is 15.4 Å². The molecule has 6 heteroatoms. The number of guanidine groups is 1. The van der Waals surface area contributed by atoms with Gasteiger partial charge in [0.15, 0.2) is 5.96 Å². The summed E-state index contributed by atoms with van der Waals surface area (Å²) in [5, 5.41) is 7.23. The van der Waals surface area contributed by atoms with Gasteiger partial charge in [0.2, 0.25) is 0 Å². The molecule has 0 aliphatic heterocycles. The molecule has 0 saturated carbocycles. The zero-order valence-electron chi connectivity index (χ0n) is 13.6. The number of benzene rings is 1. The van der Waals surface area contributed by atoms with Crippen molar-refractivity contribution in [3.8, 4) is 0 Å². The summed E-state index contributed by atoms with van der Waals surface area (Å²) in [5.41, 5.74) is 1.16. The van der Waals surface area contributed by atoms with E-state index in [1.54, 1.807) is 7.05 Å². The third-order valence-corrected chi connectivity index (χ3v) is 3.23. The third kappa shape index (κ3) is 10.2. The van der Waals surface area contributed by atoms with E-state index in [2.05, 4.69) is 29.5 Å². The molecule has 1 aromatic carbocycles. The minimum atomic E-state index is 0. The Morgan fingerprint density at radius 2 is 1.86 bits per heavy atom. The van der Waals surface area contributed by atoms with Gasteiger partial charge in [0.1, 0.15) is 0 Å². The largest absolute Gasteiger partial charge is 0.380 e. The van der Waals surface area contributed by atoms with Crippen LogP contribution in [0.15, 0.2) is 29.3 Å². The second-order valence-electron chi connectivity index (χ2n) is 5.27. The van der Waals surface area contributed by atoms with Crippen LogP contribution < -0.4 is 10.6 Å². The number of nitrogens with zero attached hydrogens (tertiary/aromatic N) is 1. The van der Waals surface area contributed by atoms with Gasteiger partial charge in [0, 0.05) is 31.8 Å². The summed E-state index contributed by atoms with van der Waals surface area (Å²) in [6.07, 6.45) is 1.10. The van der Waals surface area contributed by atoms with Crippen molar-refractivity contribution in [2.75, 3.05) is 26.8 Å². The van der Waals surface area contributed by atoms with Crippen molar-refractivity contribution < 1.29 is 4.74 Å². The topological polar surface area (TPSA) is 45.7 Å². The summed E-state index contributed by atoms with van der Waals surface area (Å²) in [5.74, 6) is 1.46. The first kappa shape index (κ1) is 21.5. The van der Waals surface area contributed by atoms with E-state index in [1.165, 1.54) is 0 Å². The Hall–Kier alpha value is -0.530. The smallest absolute Gasteiger partial charge is 0.191 e. The average molecular weight is 440 g/mol. The quantitative estimate of drug-likeness (QED) is 0.281. The lowest BCUT2D eigenvalue weighted by molar-refractivity contribution is 0.128. The summed E-state index contributed by atoms with van der Waals surface area (Å²) < 4.78 is 5.56. The SMILES string of the molecule is CN=C(NCCOCCC(C)C)NCc1ccc(Cl)cc1.I. The molecule has 0 atom stereocenters. The molecule has 0 aliphatic carbocycles. The minimum Gasteiger partial charge on any atom is -0.380 e. The van der Waals surface area contributed by atoms with Gasteiger partial charge >= 0.3 is 0 Å². The zero-order chi connectivity index (χ0) is 15.5. The Morgan fingerprint density at radius 3 is 2.45 bits per heavy atom. The number of halogens is 2. The predicted molar refractivity (Wildman–Crippen MR) is 105 cm³/mol. The highest BCUT2D eigenvalue weighted by Gasteiger charge is 1.99. The Morgan fingerprint density at radius 1 is 1.18 bits per heavy atom. The molecule has 1 rings (SSSR count). The molecule has 0 amide bonds. The summed E-state index contributed by atoms with van der Waals surface area (Å²) in [7, 11) is 1.76. The van der Waals surface area contributed by atoms with Crippen molar-refractivity contribution in [3.05, 3.63) is 34.9 Å².